The molecule has 0 radical (unpaired) electrons. The number of benzene rings is 1. The molecule has 0 unspecified atom stereocenters. The molecule has 0 aliphatic heterocycles. The first-order chi connectivity index (χ1) is 13.6. The summed E-state index contributed by atoms with van der Waals surface area (Å²) in [7, 11) is 0. The zero-order valence-electron chi connectivity index (χ0n) is 14.5. The molecule has 10 heteroatoms. The van der Waals surface area contributed by atoms with E-state index in [1.165, 1.54) is 6.07 Å². The molecule has 3 N–H and O–H groups in total. The maximum absolute atomic E-state index is 14.1. The van der Waals surface area contributed by atoms with Gasteiger partial charge in [-0.3, -0.25) is 4.98 Å². The lowest BCUT2D eigenvalue weighted by Gasteiger charge is -2.10. The van der Waals surface area contributed by atoms with E-state index in [9.17, 15) is 22.8 Å². The van der Waals surface area contributed by atoms with Crippen molar-refractivity contribution >= 4 is 11.8 Å². The minimum absolute atomic E-state index is 0. The molecule has 0 saturated carbocycles. The third-order valence-electron chi connectivity index (χ3n) is 3.49. The van der Waals surface area contributed by atoms with Crippen LogP contribution in [0.3, 0.4) is 0 Å². The largest absolute Gasteiger partial charge is 0.490 e. The van der Waals surface area contributed by atoms with Gasteiger partial charge in [-0.2, -0.15) is 18.4 Å². The van der Waals surface area contributed by atoms with Gasteiger partial charge in [-0.05, 0) is 24.3 Å². The molecule has 0 fully saturated rings. The Hall–Kier alpha value is -4.00. The van der Waals surface area contributed by atoms with Crippen LogP contribution in [-0.4, -0.2) is 27.2 Å². The van der Waals surface area contributed by atoms with Crippen molar-refractivity contribution in [3.8, 4) is 28.6 Å². The number of hydrogen-bond donors (Lipinski definition) is 2. The normalized spacial score (nSPS) is 10.1. The molecule has 0 aliphatic rings. The second-order valence-electron chi connectivity index (χ2n) is 5.42. The molecule has 156 valence electrons. The van der Waals surface area contributed by atoms with Gasteiger partial charge >= 0.3 is 12.1 Å². The lowest BCUT2D eigenvalue weighted by atomic mass is 9.99. The van der Waals surface area contributed by atoms with Gasteiger partial charge in [0.25, 0.3) is 0 Å². The molecular formula is C20H16F4N4O2. The van der Waals surface area contributed by atoms with Crippen LogP contribution in [0.5, 0.6) is 0 Å². The fourth-order valence-corrected chi connectivity index (χ4v) is 2.22. The zero-order valence-corrected chi connectivity index (χ0v) is 14.5. The average Bonchev–Trinajstić information content (AvgIpc) is 2.68. The number of nitrogens with two attached hydrogens (primary N) is 1. The Morgan fingerprint density at radius 2 is 1.67 bits per heavy atom. The summed E-state index contributed by atoms with van der Waals surface area (Å²) in [5, 5.41) is 16.4. The number of hydrogen-bond acceptors (Lipinski definition) is 5. The van der Waals surface area contributed by atoms with Crippen molar-refractivity contribution in [2.24, 2.45) is 0 Å². The average molecular weight is 420 g/mol. The van der Waals surface area contributed by atoms with Gasteiger partial charge in [-0.1, -0.05) is 31.7 Å². The van der Waals surface area contributed by atoms with Crippen LogP contribution in [0.4, 0.5) is 23.4 Å². The molecule has 3 aromatic rings. The van der Waals surface area contributed by atoms with Crippen LogP contribution in [-0.2, 0) is 4.79 Å². The Morgan fingerprint density at radius 3 is 2.17 bits per heavy atom. The summed E-state index contributed by atoms with van der Waals surface area (Å²) in [4.78, 5) is 17.3. The van der Waals surface area contributed by atoms with E-state index in [1.54, 1.807) is 42.6 Å². The number of alkyl halides is 3. The molecule has 0 spiro atoms. The SMILES string of the molecule is C.N#Cc1c(-c2ccccc2F)cc(-c2ccccn2)nc1N.O=C(O)C(F)(F)F. The highest BCUT2D eigenvalue weighted by molar-refractivity contribution is 5.79. The number of nitrogens with zero attached hydrogens (tertiary/aromatic N) is 3. The lowest BCUT2D eigenvalue weighted by Crippen LogP contribution is -2.21. The number of aliphatic carboxylic acids is 1. The summed E-state index contributed by atoms with van der Waals surface area (Å²) in [6, 6.07) is 15.3. The standard InChI is InChI=1S/C17H11FN4.C2HF3O2.CH4/c18-14-6-2-1-5-11(14)12-9-16(15-7-3-4-8-21-15)22-17(20)13(12)10-19;3-2(4,5)1(6)7;/h1-9H,(H2,20,22);(H,6,7);1H4. The third kappa shape index (κ3) is 5.75. The maximum atomic E-state index is 14.1. The number of pyridine rings is 2. The monoisotopic (exact) mass is 420 g/mol. The van der Waals surface area contributed by atoms with Crippen molar-refractivity contribution in [2.45, 2.75) is 13.6 Å². The molecule has 6 nitrogen and oxygen atoms in total. The van der Waals surface area contributed by atoms with Crippen LogP contribution in [0, 0.1) is 17.1 Å². The summed E-state index contributed by atoms with van der Waals surface area (Å²) in [6.07, 6.45) is -3.45. The van der Waals surface area contributed by atoms with Crippen LogP contribution in [0.15, 0.2) is 54.7 Å². The van der Waals surface area contributed by atoms with E-state index < -0.39 is 18.0 Å². The first kappa shape index (κ1) is 24.0. The van der Waals surface area contributed by atoms with Crippen molar-refractivity contribution in [3.63, 3.8) is 0 Å². The molecule has 0 aliphatic carbocycles. The highest BCUT2D eigenvalue weighted by atomic mass is 19.4. The van der Waals surface area contributed by atoms with Crippen LogP contribution in [0.1, 0.15) is 13.0 Å². The fraction of sp³-hybridized carbons (Fsp3) is 0.100. The van der Waals surface area contributed by atoms with Gasteiger partial charge in [-0.25, -0.2) is 14.2 Å². The fourth-order valence-electron chi connectivity index (χ4n) is 2.22. The lowest BCUT2D eigenvalue weighted by molar-refractivity contribution is -0.192. The van der Waals surface area contributed by atoms with E-state index in [1.807, 2.05) is 12.1 Å². The van der Waals surface area contributed by atoms with Crippen LogP contribution in [0.2, 0.25) is 0 Å². The van der Waals surface area contributed by atoms with Gasteiger partial charge in [0.2, 0.25) is 0 Å². The van der Waals surface area contributed by atoms with Gasteiger partial charge in [0.05, 0.1) is 11.4 Å². The highest BCUT2D eigenvalue weighted by Gasteiger charge is 2.38. The van der Waals surface area contributed by atoms with Gasteiger partial charge in [0.15, 0.2) is 0 Å². The minimum Gasteiger partial charge on any atom is -0.475 e. The number of aromatic nitrogens is 2. The summed E-state index contributed by atoms with van der Waals surface area (Å²) < 4.78 is 45.8. The van der Waals surface area contributed by atoms with Crippen LogP contribution >= 0.6 is 0 Å². The third-order valence-corrected chi connectivity index (χ3v) is 3.49. The summed E-state index contributed by atoms with van der Waals surface area (Å²) in [6.45, 7) is 0. The second-order valence-corrected chi connectivity index (χ2v) is 5.42. The molecule has 2 aromatic heterocycles. The second kappa shape index (κ2) is 9.97. The van der Waals surface area contributed by atoms with Gasteiger partial charge < -0.3 is 10.8 Å². The van der Waals surface area contributed by atoms with Crippen molar-refractivity contribution in [1.29, 1.82) is 5.26 Å². The number of carbonyl (C=O) groups is 1. The Kier molecular flexibility index (Phi) is 7.99. The van der Waals surface area contributed by atoms with Crippen LogP contribution in [0.25, 0.3) is 22.5 Å². The Balaban J connectivity index is 0.000000489. The number of nitrogen functional groups attached to an aromatic ring is 1. The van der Waals surface area contributed by atoms with Gasteiger partial charge in [0, 0.05) is 17.3 Å². The highest BCUT2D eigenvalue weighted by Crippen LogP contribution is 2.31. The number of carboxylic acids is 1. The molecule has 0 saturated heterocycles. The van der Waals surface area contributed by atoms with E-state index in [-0.39, 0.29) is 18.8 Å². The number of carboxylic acid groups (broad SMARTS) is 1. The predicted molar refractivity (Wildman–Crippen MR) is 102 cm³/mol. The molecule has 2 heterocycles. The van der Waals surface area contributed by atoms with E-state index in [4.69, 9.17) is 15.6 Å². The predicted octanol–water partition coefficient (Wildman–Crippen LogP) is 4.67. The number of anilines is 1. The molecule has 0 bridgehead atoms. The van der Waals surface area contributed by atoms with Gasteiger partial charge in [-0.15, -0.1) is 0 Å². The van der Waals surface area contributed by atoms with E-state index in [2.05, 4.69) is 9.97 Å². The first-order valence-electron chi connectivity index (χ1n) is 7.82. The molecule has 30 heavy (non-hydrogen) atoms. The number of rotatable bonds is 2. The maximum Gasteiger partial charge on any atom is 0.490 e. The van der Waals surface area contributed by atoms with E-state index >= 15 is 0 Å². The molecule has 0 amide bonds. The van der Waals surface area contributed by atoms with Crippen molar-refractivity contribution in [2.75, 3.05) is 5.73 Å². The molecule has 3 rings (SSSR count). The summed E-state index contributed by atoms with van der Waals surface area (Å²) in [5.74, 6) is -3.12. The molecule has 1 aromatic carbocycles. The summed E-state index contributed by atoms with van der Waals surface area (Å²) in [5.41, 5.74) is 7.86. The number of nitriles is 1. The van der Waals surface area contributed by atoms with Crippen molar-refractivity contribution in [3.05, 3.63) is 66.1 Å². The Labute approximate surface area is 169 Å². The first-order valence-corrected chi connectivity index (χ1v) is 7.82. The molecular weight excluding hydrogens is 404 g/mol. The van der Waals surface area contributed by atoms with E-state index in [0.717, 1.165) is 0 Å². The summed E-state index contributed by atoms with van der Waals surface area (Å²) >= 11 is 0. The van der Waals surface area contributed by atoms with Crippen LogP contribution < -0.4 is 5.73 Å². The zero-order chi connectivity index (χ0) is 21.6. The Morgan fingerprint density at radius 1 is 1.07 bits per heavy atom. The van der Waals surface area contributed by atoms with Crippen molar-refractivity contribution in [1.82, 2.24) is 9.97 Å². The van der Waals surface area contributed by atoms with E-state index in [0.29, 0.717) is 22.5 Å². The minimum atomic E-state index is -5.08. The quantitative estimate of drug-likeness (QED) is 0.583. The molecule has 0 atom stereocenters. The smallest absolute Gasteiger partial charge is 0.475 e. The Bertz CT molecular complexity index is 1060. The van der Waals surface area contributed by atoms with Gasteiger partial charge in [0.1, 0.15) is 23.3 Å². The number of halogens is 4. The van der Waals surface area contributed by atoms with Crippen molar-refractivity contribution < 1.29 is 27.5 Å². The topological polar surface area (TPSA) is 113 Å².